The monoisotopic (exact) mass is 278 g/mol. The molecule has 1 aliphatic rings. The summed E-state index contributed by atoms with van der Waals surface area (Å²) in [5, 5.41) is 0. The standard InChI is InChI=1S/C11H22N2O4S/c1-8-6-13(7-9(5-12)17-8)10(14)11(2,3)18(4,15)16/h8-9H,5-7,12H2,1-4H3. The van der Waals surface area contributed by atoms with Gasteiger partial charge in [0.15, 0.2) is 9.84 Å². The molecule has 0 bridgehead atoms. The topological polar surface area (TPSA) is 89.7 Å². The third-order valence-electron chi connectivity index (χ3n) is 3.32. The van der Waals surface area contributed by atoms with Crippen LogP contribution in [0.25, 0.3) is 0 Å². The Balaban J connectivity index is 2.90. The third-order valence-corrected chi connectivity index (χ3v) is 5.35. The van der Waals surface area contributed by atoms with Crippen LogP contribution in [0.4, 0.5) is 0 Å². The van der Waals surface area contributed by atoms with Crippen molar-refractivity contribution >= 4 is 15.7 Å². The van der Waals surface area contributed by atoms with Gasteiger partial charge in [0, 0.05) is 25.9 Å². The lowest BCUT2D eigenvalue weighted by Gasteiger charge is -2.39. The fourth-order valence-corrected chi connectivity index (χ4v) is 2.33. The van der Waals surface area contributed by atoms with Crippen LogP contribution in [-0.4, -0.2) is 62.1 Å². The van der Waals surface area contributed by atoms with Crippen molar-refractivity contribution in [2.24, 2.45) is 5.73 Å². The SMILES string of the molecule is CC1CN(C(=O)C(C)(C)S(C)(=O)=O)CC(CN)O1. The molecule has 2 N–H and O–H groups in total. The van der Waals surface area contributed by atoms with Gasteiger partial charge in [0.2, 0.25) is 5.91 Å². The zero-order chi connectivity index (χ0) is 14.1. The molecule has 1 saturated heterocycles. The second-order valence-electron chi connectivity index (χ2n) is 5.30. The third kappa shape index (κ3) is 3.02. The van der Waals surface area contributed by atoms with Crippen molar-refractivity contribution < 1.29 is 17.9 Å². The molecule has 2 unspecified atom stereocenters. The average molecular weight is 278 g/mol. The minimum Gasteiger partial charge on any atom is -0.370 e. The first-order valence-electron chi connectivity index (χ1n) is 5.94. The molecular formula is C11H22N2O4S. The van der Waals surface area contributed by atoms with Gasteiger partial charge in [0.05, 0.1) is 12.2 Å². The summed E-state index contributed by atoms with van der Waals surface area (Å²) in [6.07, 6.45) is 0.717. The fourth-order valence-electron chi connectivity index (χ4n) is 1.88. The Hall–Kier alpha value is -0.660. The first kappa shape index (κ1) is 15.4. The van der Waals surface area contributed by atoms with E-state index in [0.29, 0.717) is 19.6 Å². The average Bonchev–Trinajstić information content (AvgIpc) is 2.25. The number of hydrogen-bond donors (Lipinski definition) is 1. The lowest BCUT2D eigenvalue weighted by Crippen LogP contribution is -2.57. The summed E-state index contributed by atoms with van der Waals surface area (Å²) >= 11 is 0. The van der Waals surface area contributed by atoms with Crippen LogP contribution in [0.3, 0.4) is 0 Å². The maximum absolute atomic E-state index is 12.3. The predicted molar refractivity (Wildman–Crippen MR) is 68.9 cm³/mol. The summed E-state index contributed by atoms with van der Waals surface area (Å²) in [4.78, 5) is 13.9. The number of morpholine rings is 1. The molecule has 1 amide bonds. The number of ether oxygens (including phenoxy) is 1. The van der Waals surface area contributed by atoms with Crippen LogP contribution in [0.2, 0.25) is 0 Å². The van der Waals surface area contributed by atoms with Gasteiger partial charge in [-0.1, -0.05) is 0 Å². The van der Waals surface area contributed by atoms with Gasteiger partial charge in [-0.05, 0) is 20.8 Å². The van der Waals surface area contributed by atoms with E-state index in [2.05, 4.69) is 0 Å². The smallest absolute Gasteiger partial charge is 0.243 e. The van der Waals surface area contributed by atoms with Crippen LogP contribution in [0.15, 0.2) is 0 Å². The van der Waals surface area contributed by atoms with Gasteiger partial charge >= 0.3 is 0 Å². The first-order valence-corrected chi connectivity index (χ1v) is 7.83. The van der Waals surface area contributed by atoms with Crippen LogP contribution in [-0.2, 0) is 19.4 Å². The van der Waals surface area contributed by atoms with Crippen molar-refractivity contribution in [1.29, 1.82) is 0 Å². The van der Waals surface area contributed by atoms with Crippen LogP contribution in [0, 0.1) is 0 Å². The molecular weight excluding hydrogens is 256 g/mol. The minimum atomic E-state index is -3.46. The van der Waals surface area contributed by atoms with Crippen molar-refractivity contribution in [3.8, 4) is 0 Å². The molecule has 1 heterocycles. The summed E-state index contributed by atoms with van der Waals surface area (Å²) in [5.41, 5.74) is 5.54. The minimum absolute atomic E-state index is 0.133. The second-order valence-corrected chi connectivity index (χ2v) is 7.86. The molecule has 7 heteroatoms. The number of sulfone groups is 1. The predicted octanol–water partition coefficient (Wildman–Crippen LogP) is -0.616. The van der Waals surface area contributed by atoms with Gasteiger partial charge in [-0.3, -0.25) is 4.79 Å². The Kier molecular flexibility index (Phi) is 4.40. The molecule has 0 saturated carbocycles. The highest BCUT2D eigenvalue weighted by Crippen LogP contribution is 2.21. The Labute approximate surface area is 108 Å². The molecule has 2 atom stereocenters. The highest BCUT2D eigenvalue weighted by Gasteiger charge is 2.43. The van der Waals surface area contributed by atoms with E-state index in [1.54, 1.807) is 0 Å². The van der Waals surface area contributed by atoms with E-state index in [1.165, 1.54) is 18.7 Å². The Morgan fingerprint density at radius 2 is 2.00 bits per heavy atom. The van der Waals surface area contributed by atoms with Crippen molar-refractivity contribution in [2.45, 2.75) is 37.7 Å². The molecule has 6 nitrogen and oxygen atoms in total. The largest absolute Gasteiger partial charge is 0.370 e. The lowest BCUT2D eigenvalue weighted by molar-refractivity contribution is -0.145. The number of nitrogens with zero attached hydrogens (tertiary/aromatic N) is 1. The molecule has 0 spiro atoms. The molecule has 1 rings (SSSR count). The molecule has 1 fully saturated rings. The lowest BCUT2D eigenvalue weighted by atomic mass is 10.1. The van der Waals surface area contributed by atoms with Gasteiger partial charge in [-0.15, -0.1) is 0 Å². The fraction of sp³-hybridized carbons (Fsp3) is 0.909. The van der Waals surface area contributed by atoms with E-state index in [-0.39, 0.29) is 12.2 Å². The van der Waals surface area contributed by atoms with Crippen LogP contribution in [0.5, 0.6) is 0 Å². The van der Waals surface area contributed by atoms with E-state index in [1.807, 2.05) is 6.92 Å². The Morgan fingerprint density at radius 3 is 2.44 bits per heavy atom. The van der Waals surface area contributed by atoms with Crippen LogP contribution >= 0.6 is 0 Å². The maximum Gasteiger partial charge on any atom is 0.243 e. The van der Waals surface area contributed by atoms with Gasteiger partial charge in [0.1, 0.15) is 4.75 Å². The molecule has 1 aliphatic heterocycles. The summed E-state index contributed by atoms with van der Waals surface area (Å²) < 4.78 is 27.5. The maximum atomic E-state index is 12.3. The zero-order valence-electron chi connectivity index (χ0n) is 11.3. The van der Waals surface area contributed by atoms with E-state index in [9.17, 15) is 13.2 Å². The summed E-state index contributed by atoms with van der Waals surface area (Å²) in [5.74, 6) is -0.390. The van der Waals surface area contributed by atoms with Gasteiger partial charge in [-0.2, -0.15) is 0 Å². The van der Waals surface area contributed by atoms with Gasteiger partial charge in [-0.25, -0.2) is 8.42 Å². The number of carbonyl (C=O) groups is 1. The van der Waals surface area contributed by atoms with E-state index < -0.39 is 20.5 Å². The second kappa shape index (κ2) is 5.14. The number of hydrogen-bond acceptors (Lipinski definition) is 5. The zero-order valence-corrected chi connectivity index (χ0v) is 12.2. The molecule has 0 aliphatic carbocycles. The molecule has 18 heavy (non-hydrogen) atoms. The van der Waals surface area contributed by atoms with E-state index >= 15 is 0 Å². The molecule has 0 aromatic heterocycles. The quantitative estimate of drug-likeness (QED) is 0.743. The van der Waals surface area contributed by atoms with Gasteiger partial charge in [0.25, 0.3) is 0 Å². The Bertz CT molecular complexity index is 419. The molecule has 0 aromatic carbocycles. The van der Waals surface area contributed by atoms with Crippen molar-refractivity contribution in [2.75, 3.05) is 25.9 Å². The number of carbonyl (C=O) groups excluding carboxylic acids is 1. The molecule has 106 valence electrons. The highest BCUT2D eigenvalue weighted by atomic mass is 32.2. The van der Waals surface area contributed by atoms with E-state index in [0.717, 1.165) is 6.26 Å². The van der Waals surface area contributed by atoms with Crippen molar-refractivity contribution in [3.63, 3.8) is 0 Å². The van der Waals surface area contributed by atoms with Crippen LogP contribution < -0.4 is 5.73 Å². The van der Waals surface area contributed by atoms with Crippen molar-refractivity contribution in [1.82, 2.24) is 4.90 Å². The van der Waals surface area contributed by atoms with Crippen molar-refractivity contribution in [3.05, 3.63) is 0 Å². The van der Waals surface area contributed by atoms with Crippen LogP contribution in [0.1, 0.15) is 20.8 Å². The van der Waals surface area contributed by atoms with Gasteiger partial charge < -0.3 is 15.4 Å². The number of rotatable bonds is 3. The summed E-state index contributed by atoms with van der Waals surface area (Å²) in [7, 11) is -3.46. The molecule has 0 radical (unpaired) electrons. The highest BCUT2D eigenvalue weighted by molar-refractivity contribution is 7.92. The molecule has 0 aromatic rings. The normalized spacial score (nSPS) is 26.2. The number of amides is 1. The van der Waals surface area contributed by atoms with E-state index in [4.69, 9.17) is 10.5 Å². The summed E-state index contributed by atoms with van der Waals surface area (Å²) in [6.45, 7) is 5.76. The summed E-state index contributed by atoms with van der Waals surface area (Å²) in [6, 6.07) is 0. The number of nitrogens with two attached hydrogens (primary N) is 1. The first-order chi connectivity index (χ1) is 8.09. The Morgan fingerprint density at radius 1 is 1.44 bits per heavy atom.